The van der Waals surface area contributed by atoms with Gasteiger partial charge in [-0.05, 0) is 34.4 Å². The van der Waals surface area contributed by atoms with Gasteiger partial charge in [-0.1, -0.05) is 30.3 Å². The zero-order valence-electron chi connectivity index (χ0n) is 10.4. The van der Waals surface area contributed by atoms with Crippen molar-refractivity contribution in [2.24, 2.45) is 0 Å². The fourth-order valence-corrected chi connectivity index (χ4v) is 2.70. The van der Waals surface area contributed by atoms with E-state index in [4.69, 9.17) is 0 Å². The number of rotatable bonds is 5. The largest absolute Gasteiger partial charge is 0.311 e. The van der Waals surface area contributed by atoms with E-state index >= 15 is 0 Å². The Kier molecular flexibility index (Phi) is 4.52. The molecular formula is C15H16N2S. The number of hydrogen-bond donors (Lipinski definition) is 1. The van der Waals surface area contributed by atoms with Gasteiger partial charge in [0.2, 0.25) is 0 Å². The van der Waals surface area contributed by atoms with Crippen molar-refractivity contribution >= 4 is 11.3 Å². The first-order chi connectivity index (χ1) is 8.81. The Morgan fingerprint density at radius 2 is 2.06 bits per heavy atom. The lowest BCUT2D eigenvalue weighted by molar-refractivity contribution is 0.651. The monoisotopic (exact) mass is 256 g/mol. The number of nitrogens with zero attached hydrogens (tertiary/aromatic N) is 1. The van der Waals surface area contributed by atoms with Crippen LogP contribution in [0.3, 0.4) is 0 Å². The van der Waals surface area contributed by atoms with E-state index in [1.54, 1.807) is 11.3 Å². The molecule has 2 aromatic rings. The summed E-state index contributed by atoms with van der Waals surface area (Å²) in [5.41, 5.74) is 3.72. The molecule has 92 valence electrons. The molecule has 0 aliphatic rings. The van der Waals surface area contributed by atoms with Crippen LogP contribution in [0.25, 0.3) is 0 Å². The predicted octanol–water partition coefficient (Wildman–Crippen LogP) is 3.45. The molecule has 2 nitrogen and oxygen atoms in total. The van der Waals surface area contributed by atoms with E-state index in [0.717, 1.165) is 12.1 Å². The number of nitrogens with one attached hydrogen (secondary N) is 1. The minimum absolute atomic E-state index is 0.0786. The lowest BCUT2D eigenvalue weighted by Gasteiger charge is -2.10. The smallest absolute Gasteiger partial charge is 0.0837 e. The molecule has 0 fully saturated rings. The van der Waals surface area contributed by atoms with E-state index in [9.17, 15) is 5.26 Å². The molecule has 0 saturated carbocycles. The fourth-order valence-electron chi connectivity index (χ4n) is 1.84. The Bertz CT molecular complexity index is 525. The Morgan fingerprint density at radius 1 is 1.28 bits per heavy atom. The highest BCUT2D eigenvalue weighted by molar-refractivity contribution is 7.08. The average molecular weight is 256 g/mol. The molecule has 1 aromatic heterocycles. The predicted molar refractivity (Wildman–Crippen MR) is 75.6 cm³/mol. The van der Waals surface area contributed by atoms with Crippen molar-refractivity contribution in [2.45, 2.75) is 19.4 Å². The summed E-state index contributed by atoms with van der Waals surface area (Å²) in [4.78, 5) is 0. The first kappa shape index (κ1) is 12.8. The molecule has 1 unspecified atom stereocenters. The molecule has 0 aliphatic carbocycles. The fraction of sp³-hybridized carbons (Fsp3) is 0.267. The van der Waals surface area contributed by atoms with Crippen molar-refractivity contribution in [3.63, 3.8) is 0 Å². The zero-order chi connectivity index (χ0) is 12.8. The van der Waals surface area contributed by atoms with Gasteiger partial charge in [0.25, 0.3) is 0 Å². The van der Waals surface area contributed by atoms with Gasteiger partial charge < -0.3 is 5.32 Å². The van der Waals surface area contributed by atoms with E-state index in [-0.39, 0.29) is 5.92 Å². The Labute approximate surface area is 112 Å². The maximum absolute atomic E-state index is 9.20. The van der Waals surface area contributed by atoms with Crippen LogP contribution in [0.1, 0.15) is 22.6 Å². The third-order valence-electron chi connectivity index (χ3n) is 2.98. The minimum atomic E-state index is -0.0786. The van der Waals surface area contributed by atoms with Crippen LogP contribution in [-0.2, 0) is 6.54 Å². The molecule has 3 heteroatoms. The number of nitriles is 1. The summed E-state index contributed by atoms with van der Waals surface area (Å²) < 4.78 is 0. The summed E-state index contributed by atoms with van der Waals surface area (Å²) in [6.45, 7) is 3.64. The molecule has 1 atom stereocenters. The lowest BCUT2D eigenvalue weighted by atomic mass is 10.0. The molecule has 0 amide bonds. The summed E-state index contributed by atoms with van der Waals surface area (Å²) >= 11 is 1.72. The van der Waals surface area contributed by atoms with E-state index in [1.807, 2.05) is 30.3 Å². The van der Waals surface area contributed by atoms with Gasteiger partial charge in [0.1, 0.15) is 0 Å². The molecule has 0 aliphatic heterocycles. The molecular weight excluding hydrogens is 240 g/mol. The topological polar surface area (TPSA) is 35.8 Å². The molecule has 0 spiro atoms. The molecule has 0 radical (unpaired) electrons. The minimum Gasteiger partial charge on any atom is -0.311 e. The van der Waals surface area contributed by atoms with Gasteiger partial charge in [-0.3, -0.25) is 0 Å². The molecule has 18 heavy (non-hydrogen) atoms. The Morgan fingerprint density at radius 3 is 2.67 bits per heavy atom. The van der Waals surface area contributed by atoms with Crippen LogP contribution < -0.4 is 5.32 Å². The molecule has 0 bridgehead atoms. The quantitative estimate of drug-likeness (QED) is 0.889. The number of aryl methyl sites for hydroxylation is 1. The van der Waals surface area contributed by atoms with Gasteiger partial charge in [-0.25, -0.2) is 0 Å². The van der Waals surface area contributed by atoms with Crippen molar-refractivity contribution in [1.29, 1.82) is 5.26 Å². The first-order valence-electron chi connectivity index (χ1n) is 5.98. The SMILES string of the molecule is Cc1cscc1CNCC(C#N)c1ccccc1. The van der Waals surface area contributed by atoms with Crippen LogP contribution >= 0.6 is 11.3 Å². The normalized spacial score (nSPS) is 12.0. The zero-order valence-corrected chi connectivity index (χ0v) is 11.2. The summed E-state index contributed by atoms with van der Waals surface area (Å²) in [6, 6.07) is 12.3. The highest BCUT2D eigenvalue weighted by Gasteiger charge is 2.09. The van der Waals surface area contributed by atoms with Gasteiger partial charge in [0, 0.05) is 13.1 Å². The first-order valence-corrected chi connectivity index (χ1v) is 6.92. The summed E-state index contributed by atoms with van der Waals surface area (Å²) in [6.07, 6.45) is 0. The van der Waals surface area contributed by atoms with Gasteiger partial charge in [-0.2, -0.15) is 16.6 Å². The van der Waals surface area contributed by atoms with Crippen LogP contribution in [0.4, 0.5) is 0 Å². The van der Waals surface area contributed by atoms with Crippen molar-refractivity contribution in [3.8, 4) is 6.07 Å². The average Bonchev–Trinajstić information content (AvgIpc) is 2.81. The molecule has 2 rings (SSSR count). The third-order valence-corrected chi connectivity index (χ3v) is 3.89. The second-order valence-electron chi connectivity index (χ2n) is 4.30. The maximum atomic E-state index is 9.20. The van der Waals surface area contributed by atoms with Gasteiger partial charge >= 0.3 is 0 Å². The highest BCUT2D eigenvalue weighted by Crippen LogP contribution is 2.15. The summed E-state index contributed by atoms with van der Waals surface area (Å²) in [7, 11) is 0. The second-order valence-corrected chi connectivity index (χ2v) is 5.05. The number of hydrogen-bond acceptors (Lipinski definition) is 3. The van der Waals surface area contributed by atoms with Crippen molar-refractivity contribution in [3.05, 3.63) is 57.8 Å². The molecule has 1 heterocycles. The van der Waals surface area contributed by atoms with Crippen LogP contribution in [0, 0.1) is 18.3 Å². The van der Waals surface area contributed by atoms with Gasteiger partial charge in [-0.15, -0.1) is 0 Å². The van der Waals surface area contributed by atoms with Crippen LogP contribution in [0.2, 0.25) is 0 Å². The Hall–Kier alpha value is -1.63. The second kappa shape index (κ2) is 6.34. The maximum Gasteiger partial charge on any atom is 0.0837 e. The molecule has 0 saturated heterocycles. The molecule has 1 aromatic carbocycles. The van der Waals surface area contributed by atoms with Crippen molar-refractivity contribution < 1.29 is 0 Å². The van der Waals surface area contributed by atoms with Crippen LogP contribution in [-0.4, -0.2) is 6.54 Å². The van der Waals surface area contributed by atoms with Crippen LogP contribution in [0.5, 0.6) is 0 Å². The standard InChI is InChI=1S/C15H16N2S/c1-12-10-18-11-15(12)9-17-8-14(7-16)13-5-3-2-4-6-13/h2-6,10-11,14,17H,8-9H2,1H3. The van der Waals surface area contributed by atoms with Crippen LogP contribution in [0.15, 0.2) is 41.1 Å². The lowest BCUT2D eigenvalue weighted by Crippen LogP contribution is -2.20. The Balaban J connectivity index is 1.89. The third kappa shape index (κ3) is 3.19. The number of thiophene rings is 1. The summed E-state index contributed by atoms with van der Waals surface area (Å²) in [5.74, 6) is -0.0786. The van der Waals surface area contributed by atoms with E-state index in [1.165, 1.54) is 11.1 Å². The molecule has 1 N–H and O–H groups in total. The van der Waals surface area contributed by atoms with Gasteiger partial charge in [0.15, 0.2) is 0 Å². The van der Waals surface area contributed by atoms with Crippen molar-refractivity contribution in [1.82, 2.24) is 5.32 Å². The summed E-state index contributed by atoms with van der Waals surface area (Å²) in [5, 5.41) is 16.9. The highest BCUT2D eigenvalue weighted by atomic mass is 32.1. The van der Waals surface area contributed by atoms with E-state index in [0.29, 0.717) is 6.54 Å². The van der Waals surface area contributed by atoms with E-state index in [2.05, 4.69) is 29.1 Å². The number of benzene rings is 1. The van der Waals surface area contributed by atoms with Crippen molar-refractivity contribution in [2.75, 3.05) is 6.54 Å². The van der Waals surface area contributed by atoms with E-state index < -0.39 is 0 Å². The van der Waals surface area contributed by atoms with Gasteiger partial charge in [0.05, 0.1) is 12.0 Å².